The molecular formula is C61H41NO. The van der Waals surface area contributed by atoms with Crippen molar-refractivity contribution in [2.24, 2.45) is 0 Å². The predicted octanol–water partition coefficient (Wildman–Crippen LogP) is 16.4. The summed E-state index contributed by atoms with van der Waals surface area (Å²) in [5.41, 5.74) is 19.1. The van der Waals surface area contributed by atoms with Crippen LogP contribution in [0.25, 0.3) is 66.4 Å². The lowest BCUT2D eigenvalue weighted by Crippen LogP contribution is -2.28. The van der Waals surface area contributed by atoms with Gasteiger partial charge in [0.05, 0.1) is 11.1 Å². The van der Waals surface area contributed by atoms with E-state index in [0.29, 0.717) is 0 Å². The molecule has 11 aromatic rings. The van der Waals surface area contributed by atoms with Crippen LogP contribution in [0.2, 0.25) is 0 Å². The number of benzene rings is 10. The van der Waals surface area contributed by atoms with E-state index in [1.54, 1.807) is 0 Å². The molecule has 0 saturated carbocycles. The molecule has 0 aliphatic heterocycles. The normalized spacial score (nSPS) is 12.6. The summed E-state index contributed by atoms with van der Waals surface area (Å²) in [7, 11) is 0. The summed E-state index contributed by atoms with van der Waals surface area (Å²) < 4.78 is 6.54. The number of hydrogen-bond acceptors (Lipinski definition) is 2. The fourth-order valence-electron chi connectivity index (χ4n) is 10.1. The molecule has 296 valence electrons. The molecule has 0 radical (unpaired) electrons. The highest BCUT2D eigenvalue weighted by Gasteiger charge is 2.47. The first-order chi connectivity index (χ1) is 31.3. The molecule has 0 amide bonds. The standard InChI is InChI=1S/C61H41NO/c1-5-17-42(18-6-1)43-31-36-49(37-32-43)62(50-38-33-44(34-39-50)46-35-40-58-54(41-46)52-27-15-26-51(60(52)63-58)45-19-7-2-8-20-45)57-30-16-29-56-59(57)53-25-13-14-28-55(53)61(56,47-21-9-3-10-22-47)48-23-11-4-12-24-48/h1-41H. The first-order valence-corrected chi connectivity index (χ1v) is 21.7. The summed E-state index contributed by atoms with van der Waals surface area (Å²) in [6.07, 6.45) is 0. The van der Waals surface area contributed by atoms with Gasteiger partial charge in [0.15, 0.2) is 0 Å². The van der Waals surface area contributed by atoms with E-state index in [2.05, 4.69) is 254 Å². The van der Waals surface area contributed by atoms with Crippen LogP contribution in [0.5, 0.6) is 0 Å². The van der Waals surface area contributed by atoms with Crippen molar-refractivity contribution in [1.29, 1.82) is 0 Å². The largest absolute Gasteiger partial charge is 0.455 e. The van der Waals surface area contributed by atoms with Gasteiger partial charge in [0.1, 0.15) is 11.2 Å². The molecule has 0 atom stereocenters. The van der Waals surface area contributed by atoms with E-state index in [1.807, 2.05) is 0 Å². The first kappa shape index (κ1) is 36.6. The lowest BCUT2D eigenvalue weighted by molar-refractivity contribution is 0.670. The highest BCUT2D eigenvalue weighted by molar-refractivity contribution is 6.10. The van der Waals surface area contributed by atoms with E-state index < -0.39 is 5.41 Å². The molecule has 63 heavy (non-hydrogen) atoms. The Kier molecular flexibility index (Phi) is 8.76. The van der Waals surface area contributed by atoms with Crippen molar-refractivity contribution in [3.05, 3.63) is 271 Å². The number of fused-ring (bicyclic) bond motifs is 6. The second kappa shape index (κ2) is 15.1. The average Bonchev–Trinajstić information content (AvgIpc) is 3.90. The fraction of sp³-hybridized carbons (Fsp3) is 0.0164. The highest BCUT2D eigenvalue weighted by atomic mass is 16.3. The summed E-state index contributed by atoms with van der Waals surface area (Å²) in [6, 6.07) is 90.1. The van der Waals surface area contributed by atoms with Crippen molar-refractivity contribution in [1.82, 2.24) is 0 Å². The monoisotopic (exact) mass is 803 g/mol. The van der Waals surface area contributed by atoms with Crippen LogP contribution in [0.4, 0.5) is 17.1 Å². The summed E-state index contributed by atoms with van der Waals surface area (Å²) in [6.45, 7) is 0. The maximum absolute atomic E-state index is 6.54. The van der Waals surface area contributed by atoms with Gasteiger partial charge in [-0.2, -0.15) is 0 Å². The molecule has 0 N–H and O–H groups in total. The van der Waals surface area contributed by atoms with Crippen molar-refractivity contribution < 1.29 is 4.42 Å². The van der Waals surface area contributed by atoms with Crippen LogP contribution in [0, 0.1) is 0 Å². The van der Waals surface area contributed by atoms with Crippen molar-refractivity contribution in [2.45, 2.75) is 5.41 Å². The fourth-order valence-corrected chi connectivity index (χ4v) is 10.1. The zero-order chi connectivity index (χ0) is 41.7. The molecule has 2 heteroatoms. The van der Waals surface area contributed by atoms with E-state index in [1.165, 1.54) is 44.5 Å². The van der Waals surface area contributed by atoms with Gasteiger partial charge in [-0.3, -0.25) is 0 Å². The number of rotatable bonds is 8. The minimum Gasteiger partial charge on any atom is -0.455 e. The molecule has 1 heterocycles. The molecule has 0 fully saturated rings. The Labute approximate surface area is 367 Å². The molecule has 0 saturated heterocycles. The third-order valence-electron chi connectivity index (χ3n) is 13.0. The van der Waals surface area contributed by atoms with Crippen LogP contribution in [0.15, 0.2) is 253 Å². The molecule has 0 unspecified atom stereocenters. The molecule has 2 nitrogen and oxygen atoms in total. The smallest absolute Gasteiger partial charge is 0.143 e. The van der Waals surface area contributed by atoms with Gasteiger partial charge in [-0.25, -0.2) is 0 Å². The third kappa shape index (κ3) is 5.95. The quantitative estimate of drug-likeness (QED) is 0.152. The van der Waals surface area contributed by atoms with Gasteiger partial charge in [0, 0.05) is 33.3 Å². The summed E-state index contributed by atoms with van der Waals surface area (Å²) in [5, 5.41) is 2.23. The van der Waals surface area contributed by atoms with Crippen molar-refractivity contribution in [2.75, 3.05) is 4.90 Å². The first-order valence-electron chi connectivity index (χ1n) is 21.7. The van der Waals surface area contributed by atoms with Crippen LogP contribution in [-0.2, 0) is 5.41 Å². The number of nitrogens with zero attached hydrogens (tertiary/aromatic N) is 1. The van der Waals surface area contributed by atoms with Crippen LogP contribution in [0.1, 0.15) is 22.3 Å². The SMILES string of the molecule is c1ccc(-c2ccc(N(c3ccc(-c4ccc5oc6c(-c7ccccc7)cccc6c5c4)cc3)c3cccc4c3-c3ccccc3C4(c3ccccc3)c3ccccc3)cc2)cc1. The molecule has 10 aromatic carbocycles. The van der Waals surface area contributed by atoms with Gasteiger partial charge in [-0.05, 0) is 98.1 Å². The van der Waals surface area contributed by atoms with Gasteiger partial charge in [-0.1, -0.05) is 206 Å². The molecule has 12 rings (SSSR count). The third-order valence-corrected chi connectivity index (χ3v) is 13.0. The van der Waals surface area contributed by atoms with Crippen LogP contribution >= 0.6 is 0 Å². The zero-order valence-corrected chi connectivity index (χ0v) is 34.5. The highest BCUT2D eigenvalue weighted by Crippen LogP contribution is 2.59. The van der Waals surface area contributed by atoms with Crippen molar-refractivity contribution in [3.8, 4) is 44.5 Å². The summed E-state index contributed by atoms with van der Waals surface area (Å²) >= 11 is 0. The number of hydrogen-bond donors (Lipinski definition) is 0. The van der Waals surface area contributed by atoms with Crippen molar-refractivity contribution >= 4 is 39.0 Å². The van der Waals surface area contributed by atoms with E-state index in [4.69, 9.17) is 4.42 Å². The number of anilines is 3. The molecule has 1 aliphatic carbocycles. The topological polar surface area (TPSA) is 16.4 Å². The van der Waals surface area contributed by atoms with E-state index in [0.717, 1.165) is 61.3 Å². The number of furan rings is 1. The second-order valence-electron chi connectivity index (χ2n) is 16.4. The van der Waals surface area contributed by atoms with Gasteiger partial charge >= 0.3 is 0 Å². The molecule has 0 bridgehead atoms. The van der Waals surface area contributed by atoms with Gasteiger partial charge < -0.3 is 9.32 Å². The Hall–Kier alpha value is -8.20. The molecule has 1 aromatic heterocycles. The Morgan fingerprint density at radius 2 is 0.825 bits per heavy atom. The minimum atomic E-state index is -0.505. The Morgan fingerprint density at radius 1 is 0.333 bits per heavy atom. The van der Waals surface area contributed by atoms with E-state index in [9.17, 15) is 0 Å². The van der Waals surface area contributed by atoms with Gasteiger partial charge in [0.25, 0.3) is 0 Å². The lowest BCUT2D eigenvalue weighted by atomic mass is 9.68. The Bertz CT molecular complexity index is 3370. The molecule has 0 spiro atoms. The van der Waals surface area contributed by atoms with E-state index in [-0.39, 0.29) is 0 Å². The summed E-state index contributed by atoms with van der Waals surface area (Å²) in [4.78, 5) is 2.44. The van der Waals surface area contributed by atoms with Crippen LogP contribution in [-0.4, -0.2) is 0 Å². The second-order valence-corrected chi connectivity index (χ2v) is 16.4. The predicted molar refractivity (Wildman–Crippen MR) is 262 cm³/mol. The Morgan fingerprint density at radius 3 is 1.48 bits per heavy atom. The van der Waals surface area contributed by atoms with Gasteiger partial charge in [0.2, 0.25) is 0 Å². The maximum atomic E-state index is 6.54. The summed E-state index contributed by atoms with van der Waals surface area (Å²) in [5.74, 6) is 0. The molecule has 1 aliphatic rings. The minimum absolute atomic E-state index is 0.505. The molecular weight excluding hydrogens is 763 g/mol. The van der Waals surface area contributed by atoms with Crippen LogP contribution in [0.3, 0.4) is 0 Å². The lowest BCUT2D eigenvalue weighted by Gasteiger charge is -2.34. The Balaban J connectivity index is 1.02. The average molecular weight is 804 g/mol. The van der Waals surface area contributed by atoms with Crippen LogP contribution < -0.4 is 4.90 Å². The maximum Gasteiger partial charge on any atom is 0.143 e. The van der Waals surface area contributed by atoms with Gasteiger partial charge in [-0.15, -0.1) is 0 Å². The zero-order valence-electron chi connectivity index (χ0n) is 34.5. The number of para-hydroxylation sites is 1. The van der Waals surface area contributed by atoms with Crippen molar-refractivity contribution in [3.63, 3.8) is 0 Å². The van der Waals surface area contributed by atoms with E-state index >= 15 is 0 Å².